The predicted molar refractivity (Wildman–Crippen MR) is 203 cm³/mol. The van der Waals surface area contributed by atoms with Crippen molar-refractivity contribution in [2.24, 2.45) is 0 Å². The Morgan fingerprint density at radius 2 is 0.918 bits per heavy atom. The van der Waals surface area contributed by atoms with E-state index in [0.29, 0.717) is 17.5 Å². The van der Waals surface area contributed by atoms with Gasteiger partial charge in [-0.2, -0.15) is 0 Å². The van der Waals surface area contributed by atoms with Crippen LogP contribution in [-0.4, -0.2) is 21.6 Å². The van der Waals surface area contributed by atoms with Gasteiger partial charge in [-0.3, -0.25) is 0 Å². The van der Waals surface area contributed by atoms with Crippen LogP contribution in [-0.2, 0) is 4.57 Å². The zero-order valence-corrected chi connectivity index (χ0v) is 27.7. The molecular weight excluding hydrogens is 617 g/mol. The van der Waals surface area contributed by atoms with Crippen molar-refractivity contribution in [3.8, 4) is 67.5 Å². The Hall–Kier alpha value is -5.96. The molecule has 4 nitrogen and oxygen atoms in total. The summed E-state index contributed by atoms with van der Waals surface area (Å²) in [6, 6.07) is 56.0. The van der Waals surface area contributed by atoms with Gasteiger partial charge in [0.2, 0.25) is 0 Å². The molecule has 0 bridgehead atoms. The molecule has 5 heteroatoms. The SMILES string of the molecule is CP1(=O)c2ccccc2-c2c(-c3cc(-c4ccc(-c5nc(-c6ccccc6)nc(-c6ccccc6)n5)cc4)c4ccccc4c3)cccc21. The van der Waals surface area contributed by atoms with E-state index in [-0.39, 0.29) is 0 Å². The molecule has 0 fully saturated rings. The minimum atomic E-state index is -2.69. The Balaban J connectivity index is 1.17. The molecule has 7 aromatic carbocycles. The van der Waals surface area contributed by atoms with Crippen molar-refractivity contribution >= 4 is 28.5 Å². The molecule has 1 aliphatic rings. The number of hydrogen-bond acceptors (Lipinski definition) is 4. The minimum absolute atomic E-state index is 0.625. The predicted octanol–water partition coefficient (Wildman–Crippen LogP) is 10.3. The van der Waals surface area contributed by atoms with Crippen LogP contribution in [0.25, 0.3) is 78.3 Å². The average molecular weight is 648 g/mol. The fourth-order valence-electron chi connectivity index (χ4n) is 7.05. The monoisotopic (exact) mass is 647 g/mol. The molecular formula is C44H30N3OP. The maximum absolute atomic E-state index is 14.1. The summed E-state index contributed by atoms with van der Waals surface area (Å²) in [7, 11) is -2.69. The topological polar surface area (TPSA) is 55.7 Å². The molecule has 9 rings (SSSR count). The second-order valence-electron chi connectivity index (χ2n) is 12.5. The Bertz CT molecular complexity index is 2520. The molecule has 1 aliphatic heterocycles. The van der Waals surface area contributed by atoms with Gasteiger partial charge >= 0.3 is 0 Å². The highest BCUT2D eigenvalue weighted by Gasteiger charge is 2.36. The Labute approximate surface area is 285 Å². The maximum atomic E-state index is 14.1. The molecule has 0 radical (unpaired) electrons. The summed E-state index contributed by atoms with van der Waals surface area (Å²) in [4.78, 5) is 14.7. The van der Waals surface area contributed by atoms with E-state index in [2.05, 4.69) is 72.8 Å². The van der Waals surface area contributed by atoms with E-state index in [1.54, 1.807) is 0 Å². The van der Waals surface area contributed by atoms with Crippen LogP contribution < -0.4 is 10.6 Å². The van der Waals surface area contributed by atoms with E-state index in [0.717, 1.165) is 66.1 Å². The van der Waals surface area contributed by atoms with Gasteiger partial charge in [0.15, 0.2) is 17.5 Å². The largest absolute Gasteiger partial charge is 0.314 e. The van der Waals surface area contributed by atoms with Crippen LogP contribution in [0.15, 0.2) is 164 Å². The van der Waals surface area contributed by atoms with Gasteiger partial charge in [0.1, 0.15) is 7.14 Å². The molecule has 1 unspecified atom stereocenters. The fraction of sp³-hybridized carbons (Fsp3) is 0.0227. The van der Waals surface area contributed by atoms with Crippen molar-refractivity contribution in [1.82, 2.24) is 15.0 Å². The molecule has 8 aromatic rings. The van der Waals surface area contributed by atoms with Crippen LogP contribution in [0.5, 0.6) is 0 Å². The van der Waals surface area contributed by atoms with Gasteiger partial charge in [-0.05, 0) is 57.4 Å². The van der Waals surface area contributed by atoms with Crippen LogP contribution in [0, 0.1) is 0 Å². The first-order valence-electron chi connectivity index (χ1n) is 16.4. The average Bonchev–Trinajstić information content (AvgIpc) is 3.41. The maximum Gasteiger partial charge on any atom is 0.164 e. The van der Waals surface area contributed by atoms with Gasteiger partial charge in [0, 0.05) is 32.9 Å². The normalized spacial score (nSPS) is 14.8. The second kappa shape index (κ2) is 11.6. The minimum Gasteiger partial charge on any atom is -0.314 e. The van der Waals surface area contributed by atoms with Crippen LogP contribution >= 0.6 is 7.14 Å². The van der Waals surface area contributed by atoms with Gasteiger partial charge < -0.3 is 4.57 Å². The third-order valence-corrected chi connectivity index (χ3v) is 12.1. The zero-order valence-electron chi connectivity index (χ0n) is 26.8. The first kappa shape index (κ1) is 29.2. The summed E-state index contributed by atoms with van der Waals surface area (Å²) in [5, 5.41) is 4.21. The molecule has 1 atom stereocenters. The van der Waals surface area contributed by atoms with Crippen LogP contribution in [0.2, 0.25) is 0 Å². The Morgan fingerprint density at radius 1 is 0.408 bits per heavy atom. The lowest BCUT2D eigenvalue weighted by molar-refractivity contribution is 0.591. The molecule has 0 aliphatic carbocycles. The van der Waals surface area contributed by atoms with E-state index < -0.39 is 7.14 Å². The highest BCUT2D eigenvalue weighted by atomic mass is 31.2. The third kappa shape index (κ3) is 5.01. The van der Waals surface area contributed by atoms with E-state index >= 15 is 0 Å². The number of fused-ring (bicyclic) bond motifs is 4. The highest BCUT2D eigenvalue weighted by molar-refractivity contribution is 7.79. The van der Waals surface area contributed by atoms with Crippen LogP contribution in [0.1, 0.15) is 0 Å². The van der Waals surface area contributed by atoms with Gasteiger partial charge in [0.25, 0.3) is 0 Å². The molecule has 2 heterocycles. The highest BCUT2D eigenvalue weighted by Crippen LogP contribution is 2.52. The molecule has 0 spiro atoms. The number of aromatic nitrogens is 3. The Morgan fingerprint density at radius 3 is 1.59 bits per heavy atom. The third-order valence-electron chi connectivity index (χ3n) is 9.46. The zero-order chi connectivity index (χ0) is 33.0. The molecule has 49 heavy (non-hydrogen) atoms. The van der Waals surface area contributed by atoms with Gasteiger partial charge in [-0.15, -0.1) is 0 Å². The van der Waals surface area contributed by atoms with E-state index in [4.69, 9.17) is 15.0 Å². The first-order valence-corrected chi connectivity index (χ1v) is 18.5. The molecule has 0 amide bonds. The van der Waals surface area contributed by atoms with E-state index in [9.17, 15) is 4.57 Å². The van der Waals surface area contributed by atoms with Crippen molar-refractivity contribution in [3.63, 3.8) is 0 Å². The summed E-state index contributed by atoms with van der Waals surface area (Å²) in [6.07, 6.45) is 0. The molecule has 0 N–H and O–H groups in total. The molecule has 1 aromatic heterocycles. The van der Waals surface area contributed by atoms with Crippen molar-refractivity contribution in [3.05, 3.63) is 164 Å². The van der Waals surface area contributed by atoms with Crippen molar-refractivity contribution in [1.29, 1.82) is 0 Å². The standard InChI is InChI=1S/C44H30N3OP/c1-49(48)39-21-11-10-19-37(39)41-36(20-12-22-40(41)49)34-27-33-17-8-9-18-35(33)38(28-34)29-23-25-32(26-24-29)44-46-42(30-13-4-2-5-14-30)45-43(47-44)31-15-6-3-7-16-31/h2-28H,1H3. The van der Waals surface area contributed by atoms with Gasteiger partial charge in [-0.1, -0.05) is 152 Å². The van der Waals surface area contributed by atoms with Gasteiger partial charge in [0.05, 0.1) is 0 Å². The van der Waals surface area contributed by atoms with Crippen molar-refractivity contribution < 1.29 is 4.57 Å². The number of rotatable bonds is 5. The van der Waals surface area contributed by atoms with Crippen molar-refractivity contribution in [2.75, 3.05) is 6.66 Å². The Kier molecular flexibility index (Phi) is 6.93. The lowest BCUT2D eigenvalue weighted by Crippen LogP contribution is -2.07. The first-order chi connectivity index (χ1) is 24.0. The van der Waals surface area contributed by atoms with Crippen LogP contribution in [0.3, 0.4) is 0 Å². The second-order valence-corrected chi connectivity index (χ2v) is 15.3. The number of hydrogen-bond donors (Lipinski definition) is 0. The molecule has 0 saturated carbocycles. The quantitative estimate of drug-likeness (QED) is 0.175. The summed E-state index contributed by atoms with van der Waals surface area (Å²) < 4.78 is 14.1. The van der Waals surface area contributed by atoms with Crippen LogP contribution in [0.4, 0.5) is 0 Å². The van der Waals surface area contributed by atoms with E-state index in [1.807, 2.05) is 97.7 Å². The lowest BCUT2D eigenvalue weighted by atomic mass is 9.89. The summed E-state index contributed by atoms with van der Waals surface area (Å²) >= 11 is 0. The smallest absolute Gasteiger partial charge is 0.164 e. The number of benzene rings is 7. The van der Waals surface area contributed by atoms with Gasteiger partial charge in [-0.25, -0.2) is 15.0 Å². The summed E-state index contributed by atoms with van der Waals surface area (Å²) in [5.41, 5.74) is 9.38. The number of nitrogens with zero attached hydrogens (tertiary/aromatic N) is 3. The molecule has 232 valence electrons. The summed E-state index contributed by atoms with van der Waals surface area (Å²) in [5.74, 6) is 1.90. The fourth-order valence-corrected chi connectivity index (χ4v) is 9.36. The van der Waals surface area contributed by atoms with E-state index in [1.165, 1.54) is 5.39 Å². The summed E-state index contributed by atoms with van der Waals surface area (Å²) in [6.45, 7) is 1.90. The lowest BCUT2D eigenvalue weighted by Gasteiger charge is -2.15. The molecule has 0 saturated heterocycles. The van der Waals surface area contributed by atoms with Crippen molar-refractivity contribution in [2.45, 2.75) is 0 Å².